The zero-order valence-electron chi connectivity index (χ0n) is 15.0. The highest BCUT2D eigenvalue weighted by Crippen LogP contribution is 2.18. The minimum absolute atomic E-state index is 0.282. The third kappa shape index (κ3) is 6.21. The molecule has 0 radical (unpaired) electrons. The van der Waals surface area contributed by atoms with Crippen LogP contribution in [-0.2, 0) is 20.9 Å². The first kappa shape index (κ1) is 21.2. The molecule has 1 amide bonds. The number of nitrogens with one attached hydrogen (secondary N) is 1. The number of thioether (sulfide) groups is 1. The number of aromatic nitrogens is 2. The monoisotopic (exact) mass is 453 g/mol. The van der Waals surface area contributed by atoms with Gasteiger partial charge in [-0.25, -0.2) is 9.48 Å². The molecule has 0 fully saturated rings. The summed E-state index contributed by atoms with van der Waals surface area (Å²) >= 11 is 4.93. The molecule has 0 aliphatic rings. The van der Waals surface area contributed by atoms with Crippen molar-refractivity contribution in [3.8, 4) is 11.3 Å². The number of hydrogen-bond acceptors (Lipinski definition) is 6. The van der Waals surface area contributed by atoms with Gasteiger partial charge in [0.05, 0.1) is 12.8 Å². The summed E-state index contributed by atoms with van der Waals surface area (Å²) in [4.78, 5) is 36.2. The lowest BCUT2D eigenvalue weighted by Gasteiger charge is -2.16. The van der Waals surface area contributed by atoms with Crippen molar-refractivity contribution in [1.29, 1.82) is 0 Å². The van der Waals surface area contributed by atoms with Crippen molar-refractivity contribution >= 4 is 39.6 Å². The molecule has 144 valence electrons. The van der Waals surface area contributed by atoms with E-state index in [4.69, 9.17) is 4.74 Å². The second-order valence-corrected chi connectivity index (χ2v) is 7.55. The molecule has 1 atom stereocenters. The largest absolute Gasteiger partial charge is 0.467 e. The maximum atomic E-state index is 12.3. The first-order valence-corrected chi connectivity index (χ1v) is 10.3. The maximum Gasteiger partial charge on any atom is 0.328 e. The lowest BCUT2D eigenvalue weighted by molar-refractivity contribution is -0.145. The van der Waals surface area contributed by atoms with Crippen molar-refractivity contribution in [1.82, 2.24) is 15.1 Å². The molecule has 1 aromatic carbocycles. The van der Waals surface area contributed by atoms with Gasteiger partial charge in [-0.3, -0.25) is 9.59 Å². The average Bonchev–Trinajstić information content (AvgIpc) is 2.67. The van der Waals surface area contributed by atoms with E-state index in [2.05, 4.69) is 26.3 Å². The van der Waals surface area contributed by atoms with Gasteiger partial charge in [-0.2, -0.15) is 16.9 Å². The van der Waals surface area contributed by atoms with Gasteiger partial charge in [-0.15, -0.1) is 0 Å². The fourth-order valence-electron chi connectivity index (χ4n) is 2.34. The Kier molecular flexibility index (Phi) is 8.05. The number of ether oxygens (including phenoxy) is 1. The van der Waals surface area contributed by atoms with Crippen LogP contribution in [0.25, 0.3) is 11.3 Å². The lowest BCUT2D eigenvalue weighted by atomic mass is 10.1. The van der Waals surface area contributed by atoms with Crippen LogP contribution in [0.2, 0.25) is 0 Å². The molecule has 2 rings (SSSR count). The Morgan fingerprint density at radius 3 is 2.59 bits per heavy atom. The molecule has 0 unspecified atom stereocenters. The maximum absolute atomic E-state index is 12.3. The average molecular weight is 454 g/mol. The van der Waals surface area contributed by atoms with E-state index in [-0.39, 0.29) is 6.54 Å². The van der Waals surface area contributed by atoms with Crippen molar-refractivity contribution in [2.75, 3.05) is 19.1 Å². The van der Waals surface area contributed by atoms with E-state index >= 15 is 0 Å². The fourth-order valence-corrected chi connectivity index (χ4v) is 3.08. The second-order valence-electron chi connectivity index (χ2n) is 5.65. The highest BCUT2D eigenvalue weighted by atomic mass is 79.9. The number of carbonyl (C=O) groups excluding carboxylic acids is 2. The molecule has 0 spiro atoms. The number of halogens is 1. The van der Waals surface area contributed by atoms with E-state index in [1.807, 2.05) is 30.5 Å². The van der Waals surface area contributed by atoms with Crippen LogP contribution in [0.1, 0.15) is 6.42 Å². The Balaban J connectivity index is 2.14. The summed E-state index contributed by atoms with van der Waals surface area (Å²) in [6, 6.07) is 9.67. The molecule has 1 N–H and O–H groups in total. The summed E-state index contributed by atoms with van der Waals surface area (Å²) in [5, 5.41) is 6.87. The van der Waals surface area contributed by atoms with E-state index in [9.17, 15) is 14.4 Å². The van der Waals surface area contributed by atoms with Crippen LogP contribution >= 0.6 is 27.7 Å². The van der Waals surface area contributed by atoms with Gasteiger partial charge in [0.15, 0.2) is 0 Å². The second kappa shape index (κ2) is 10.3. The smallest absolute Gasteiger partial charge is 0.328 e. The Morgan fingerprint density at radius 1 is 1.26 bits per heavy atom. The lowest BCUT2D eigenvalue weighted by Crippen LogP contribution is -2.44. The number of hydrogen-bond donors (Lipinski definition) is 1. The Bertz CT molecular complexity index is 854. The van der Waals surface area contributed by atoms with Crippen molar-refractivity contribution in [3.05, 3.63) is 51.2 Å². The summed E-state index contributed by atoms with van der Waals surface area (Å²) in [7, 11) is 1.27. The molecule has 7 nitrogen and oxygen atoms in total. The quantitative estimate of drug-likeness (QED) is 0.615. The molecule has 0 aliphatic heterocycles. The highest BCUT2D eigenvalue weighted by Gasteiger charge is 2.21. The van der Waals surface area contributed by atoms with Crippen LogP contribution in [0.15, 0.2) is 45.7 Å². The number of benzene rings is 1. The van der Waals surface area contributed by atoms with Gasteiger partial charge in [0.25, 0.3) is 5.56 Å². The normalized spacial score (nSPS) is 11.7. The Hall–Kier alpha value is -2.13. The summed E-state index contributed by atoms with van der Waals surface area (Å²) in [6.07, 6.45) is 2.36. The summed E-state index contributed by atoms with van der Waals surface area (Å²) in [5.74, 6) is -0.299. The van der Waals surface area contributed by atoms with Crippen LogP contribution in [0, 0.1) is 0 Å². The number of carbonyl (C=O) groups is 2. The molecule has 2 aromatic rings. The first-order chi connectivity index (χ1) is 12.9. The van der Waals surface area contributed by atoms with E-state index in [0.29, 0.717) is 17.9 Å². The van der Waals surface area contributed by atoms with E-state index in [0.717, 1.165) is 14.7 Å². The molecule has 0 saturated carbocycles. The highest BCUT2D eigenvalue weighted by molar-refractivity contribution is 9.10. The standard InChI is InChI=1S/C18H20BrN3O4S/c1-26-18(25)15(9-10-27-2)20-16(23)11-22-17(24)8-7-14(21-22)12-3-5-13(19)6-4-12/h3-8,15H,9-11H2,1-2H3,(H,20,23)/t15-/m1/s1. The van der Waals surface area contributed by atoms with Crippen molar-refractivity contribution < 1.29 is 14.3 Å². The van der Waals surface area contributed by atoms with Gasteiger partial charge < -0.3 is 10.1 Å². The van der Waals surface area contributed by atoms with Crippen LogP contribution in [0.5, 0.6) is 0 Å². The van der Waals surface area contributed by atoms with Gasteiger partial charge in [-0.1, -0.05) is 28.1 Å². The van der Waals surface area contributed by atoms with Crippen LogP contribution in [-0.4, -0.2) is 46.8 Å². The van der Waals surface area contributed by atoms with Crippen LogP contribution in [0.3, 0.4) is 0 Å². The molecular weight excluding hydrogens is 434 g/mol. The SMILES string of the molecule is COC(=O)[C@@H](CCSC)NC(=O)Cn1nc(-c2ccc(Br)cc2)ccc1=O. The zero-order chi connectivity index (χ0) is 19.8. The number of rotatable bonds is 8. The molecule has 9 heteroatoms. The summed E-state index contributed by atoms with van der Waals surface area (Å²) in [6.45, 7) is -0.282. The van der Waals surface area contributed by atoms with Crippen molar-refractivity contribution in [2.45, 2.75) is 19.0 Å². The van der Waals surface area contributed by atoms with Crippen molar-refractivity contribution in [2.24, 2.45) is 0 Å². The molecule has 0 bridgehead atoms. The van der Waals surface area contributed by atoms with Crippen LogP contribution in [0.4, 0.5) is 0 Å². The van der Waals surface area contributed by atoms with Gasteiger partial charge in [0, 0.05) is 16.1 Å². The summed E-state index contributed by atoms with van der Waals surface area (Å²) < 4.78 is 6.73. The molecular formula is C18H20BrN3O4S. The third-order valence-electron chi connectivity index (χ3n) is 3.73. The number of methoxy groups -OCH3 is 1. The Morgan fingerprint density at radius 2 is 1.96 bits per heavy atom. The van der Waals surface area contributed by atoms with Crippen molar-refractivity contribution in [3.63, 3.8) is 0 Å². The summed E-state index contributed by atoms with van der Waals surface area (Å²) in [5.41, 5.74) is 0.992. The van der Waals surface area contributed by atoms with Crippen LogP contribution < -0.4 is 10.9 Å². The Labute approximate surface area is 169 Å². The molecule has 1 heterocycles. The minimum Gasteiger partial charge on any atom is -0.467 e. The van der Waals surface area contributed by atoms with Gasteiger partial charge in [0.1, 0.15) is 12.6 Å². The topological polar surface area (TPSA) is 90.3 Å². The molecule has 27 heavy (non-hydrogen) atoms. The van der Waals surface area contributed by atoms with E-state index in [1.165, 1.54) is 13.2 Å². The van der Waals surface area contributed by atoms with Gasteiger partial charge in [0.2, 0.25) is 5.91 Å². The zero-order valence-corrected chi connectivity index (χ0v) is 17.4. The van der Waals surface area contributed by atoms with E-state index in [1.54, 1.807) is 17.8 Å². The number of amides is 1. The predicted octanol–water partition coefficient (Wildman–Crippen LogP) is 2.08. The van der Waals surface area contributed by atoms with Gasteiger partial charge >= 0.3 is 5.97 Å². The minimum atomic E-state index is -0.750. The predicted molar refractivity (Wildman–Crippen MR) is 109 cm³/mol. The molecule has 1 aromatic heterocycles. The van der Waals surface area contributed by atoms with Gasteiger partial charge in [-0.05, 0) is 36.6 Å². The number of esters is 1. The first-order valence-electron chi connectivity index (χ1n) is 8.15. The molecule has 0 aliphatic carbocycles. The van der Waals surface area contributed by atoms with E-state index < -0.39 is 23.5 Å². The number of nitrogens with zero attached hydrogens (tertiary/aromatic N) is 2. The molecule has 0 saturated heterocycles. The fraction of sp³-hybridized carbons (Fsp3) is 0.333. The third-order valence-corrected chi connectivity index (χ3v) is 4.90.